The van der Waals surface area contributed by atoms with Crippen LogP contribution in [0.2, 0.25) is 0 Å². The van der Waals surface area contributed by atoms with E-state index < -0.39 is 0 Å². The van der Waals surface area contributed by atoms with Crippen molar-refractivity contribution in [2.24, 2.45) is 16.7 Å². The van der Waals surface area contributed by atoms with Crippen molar-refractivity contribution in [2.75, 3.05) is 0 Å². The number of hydrogen-bond donors (Lipinski definition) is 1. The molecule has 140 valence electrons. The van der Waals surface area contributed by atoms with Gasteiger partial charge in [-0.1, -0.05) is 20.8 Å². The minimum atomic E-state index is 0.150. The molecule has 4 rings (SSSR count). The number of carbonyl (C=O) groups is 1. The van der Waals surface area contributed by atoms with Gasteiger partial charge in [0, 0.05) is 23.9 Å². The minimum Gasteiger partial charge on any atom is -0.353 e. The predicted molar refractivity (Wildman–Crippen MR) is 99.7 cm³/mol. The van der Waals surface area contributed by atoms with E-state index in [0.717, 1.165) is 29.3 Å². The number of aromatic nitrogens is 4. The molecule has 2 aliphatic carbocycles. The van der Waals surface area contributed by atoms with Crippen LogP contribution in [0.1, 0.15) is 63.4 Å². The lowest BCUT2D eigenvalue weighted by Crippen LogP contribution is -2.46. The molecule has 2 aliphatic rings. The maximum Gasteiger partial charge on any atom is 0.252 e. The van der Waals surface area contributed by atoms with Crippen LogP contribution in [0.15, 0.2) is 6.33 Å². The van der Waals surface area contributed by atoms with Crippen molar-refractivity contribution in [3.63, 3.8) is 0 Å². The van der Waals surface area contributed by atoms with Crippen LogP contribution in [0.5, 0.6) is 0 Å². The van der Waals surface area contributed by atoms with Gasteiger partial charge in [-0.25, -0.2) is 9.50 Å². The normalized spacial score (nSPS) is 29.4. The maximum atomic E-state index is 12.7. The first-order valence-corrected chi connectivity index (χ1v) is 9.69. The number of rotatable bonds is 4. The van der Waals surface area contributed by atoms with E-state index in [-0.39, 0.29) is 11.3 Å². The summed E-state index contributed by atoms with van der Waals surface area (Å²) < 4.78 is 1.75. The lowest BCUT2D eigenvalue weighted by molar-refractivity contribution is -0.122. The molecular formula is C20H29N5O. The number of hydrogen-bond acceptors (Lipinski definition) is 4. The van der Waals surface area contributed by atoms with E-state index in [1.54, 1.807) is 4.52 Å². The van der Waals surface area contributed by atoms with E-state index in [1.165, 1.54) is 19.2 Å². The van der Waals surface area contributed by atoms with Gasteiger partial charge >= 0.3 is 0 Å². The Hall–Kier alpha value is -1.98. The molecule has 0 spiro atoms. The Morgan fingerprint density at radius 3 is 2.77 bits per heavy atom. The summed E-state index contributed by atoms with van der Waals surface area (Å²) in [6.07, 6.45) is 6.34. The zero-order valence-corrected chi connectivity index (χ0v) is 16.5. The molecule has 2 aromatic rings. The molecule has 6 heteroatoms. The largest absolute Gasteiger partial charge is 0.353 e. The Bertz CT molecular complexity index is 870. The van der Waals surface area contributed by atoms with Crippen LogP contribution in [-0.2, 0) is 11.2 Å². The first kappa shape index (κ1) is 17.4. The van der Waals surface area contributed by atoms with Crippen LogP contribution < -0.4 is 5.32 Å². The molecule has 2 fully saturated rings. The fraction of sp³-hybridized carbons (Fsp3) is 0.700. The van der Waals surface area contributed by atoms with E-state index in [1.807, 2.05) is 13.8 Å². The Morgan fingerprint density at radius 1 is 1.35 bits per heavy atom. The van der Waals surface area contributed by atoms with Crippen molar-refractivity contribution in [1.29, 1.82) is 0 Å². The van der Waals surface area contributed by atoms with E-state index >= 15 is 0 Å². The first-order valence-electron chi connectivity index (χ1n) is 9.69. The van der Waals surface area contributed by atoms with E-state index in [2.05, 4.69) is 41.2 Å². The summed E-state index contributed by atoms with van der Waals surface area (Å²) in [6, 6.07) is 0.307. The quantitative estimate of drug-likeness (QED) is 0.915. The van der Waals surface area contributed by atoms with Gasteiger partial charge in [-0.2, -0.15) is 10.1 Å². The Kier molecular flexibility index (Phi) is 3.86. The van der Waals surface area contributed by atoms with Crippen LogP contribution in [0.25, 0.3) is 5.78 Å². The summed E-state index contributed by atoms with van der Waals surface area (Å²) >= 11 is 0. The van der Waals surface area contributed by atoms with Crippen LogP contribution in [-0.4, -0.2) is 31.5 Å². The van der Waals surface area contributed by atoms with Crippen LogP contribution in [0.4, 0.5) is 0 Å². The molecule has 0 saturated heterocycles. The van der Waals surface area contributed by atoms with Gasteiger partial charge in [0.05, 0.1) is 0 Å². The molecule has 0 radical (unpaired) electrons. The van der Waals surface area contributed by atoms with Crippen LogP contribution in [0, 0.1) is 30.6 Å². The van der Waals surface area contributed by atoms with Crippen molar-refractivity contribution >= 4 is 11.7 Å². The summed E-state index contributed by atoms with van der Waals surface area (Å²) in [5.41, 5.74) is 3.59. The van der Waals surface area contributed by atoms with Gasteiger partial charge in [-0.3, -0.25) is 4.79 Å². The van der Waals surface area contributed by atoms with Gasteiger partial charge in [0.2, 0.25) is 5.91 Å². The van der Waals surface area contributed by atoms with E-state index in [9.17, 15) is 4.79 Å². The standard InChI is InChI=1S/C20H29N5O/c1-12-15(13(2)25-18(23-12)21-11-22-25)6-7-17(26)24-16-10-14-8-9-20(16,5)19(14,3)4/h11,14,16H,6-10H2,1-5H3,(H,24,26). The fourth-order valence-corrected chi connectivity index (χ4v) is 5.44. The Morgan fingerprint density at radius 2 is 2.12 bits per heavy atom. The second-order valence-corrected chi connectivity index (χ2v) is 8.96. The summed E-state index contributed by atoms with van der Waals surface area (Å²) in [4.78, 5) is 21.3. The first-order chi connectivity index (χ1) is 12.2. The second-order valence-electron chi connectivity index (χ2n) is 8.96. The molecule has 1 N–H and O–H groups in total. The van der Waals surface area contributed by atoms with Gasteiger partial charge in [-0.15, -0.1) is 0 Å². The maximum absolute atomic E-state index is 12.7. The minimum absolute atomic E-state index is 0.150. The van der Waals surface area contributed by atoms with Gasteiger partial charge in [0.1, 0.15) is 6.33 Å². The molecule has 2 saturated carbocycles. The number of nitrogens with one attached hydrogen (secondary N) is 1. The SMILES string of the molecule is Cc1nc2ncnn2c(C)c1CCC(=O)NC1CC2CCC1(C)C2(C)C. The zero-order valence-electron chi connectivity index (χ0n) is 16.5. The van der Waals surface area contributed by atoms with E-state index in [4.69, 9.17) is 0 Å². The third kappa shape index (κ3) is 2.37. The number of nitrogens with zero attached hydrogens (tertiary/aromatic N) is 4. The monoisotopic (exact) mass is 355 g/mol. The van der Waals surface area contributed by atoms with Crippen LogP contribution in [0.3, 0.4) is 0 Å². The van der Waals surface area contributed by atoms with Gasteiger partial charge in [0.25, 0.3) is 5.78 Å². The number of carbonyl (C=O) groups excluding carboxylic acids is 1. The molecule has 26 heavy (non-hydrogen) atoms. The number of aryl methyl sites for hydroxylation is 2. The number of amides is 1. The van der Waals surface area contributed by atoms with Gasteiger partial charge < -0.3 is 5.32 Å². The highest BCUT2D eigenvalue weighted by Crippen LogP contribution is 2.65. The molecule has 3 unspecified atom stereocenters. The smallest absolute Gasteiger partial charge is 0.252 e. The second kappa shape index (κ2) is 5.76. The van der Waals surface area contributed by atoms with E-state index in [0.29, 0.717) is 30.1 Å². The molecule has 0 aromatic carbocycles. The molecule has 3 atom stereocenters. The van der Waals surface area contributed by atoms with Crippen molar-refractivity contribution in [3.05, 3.63) is 23.3 Å². The summed E-state index contributed by atoms with van der Waals surface area (Å²) in [5, 5.41) is 7.58. The average molecular weight is 355 g/mol. The molecule has 6 nitrogen and oxygen atoms in total. The number of fused-ring (bicyclic) bond motifs is 3. The van der Waals surface area contributed by atoms with Gasteiger partial charge in [-0.05, 0) is 61.8 Å². The average Bonchev–Trinajstić information content (AvgIpc) is 3.17. The lowest BCUT2D eigenvalue weighted by atomic mass is 9.69. The van der Waals surface area contributed by atoms with Crippen LogP contribution >= 0.6 is 0 Å². The highest BCUT2D eigenvalue weighted by atomic mass is 16.1. The fourth-order valence-electron chi connectivity index (χ4n) is 5.44. The van der Waals surface area contributed by atoms with Crippen molar-refractivity contribution in [3.8, 4) is 0 Å². The molecule has 2 heterocycles. The third-order valence-electron chi connectivity index (χ3n) is 7.72. The zero-order chi connectivity index (χ0) is 18.7. The molecular weight excluding hydrogens is 326 g/mol. The highest BCUT2D eigenvalue weighted by molar-refractivity contribution is 5.76. The highest BCUT2D eigenvalue weighted by Gasteiger charge is 2.61. The van der Waals surface area contributed by atoms with Gasteiger partial charge in [0.15, 0.2) is 0 Å². The third-order valence-corrected chi connectivity index (χ3v) is 7.72. The Balaban J connectivity index is 1.44. The van der Waals surface area contributed by atoms with Crippen molar-refractivity contribution in [1.82, 2.24) is 24.9 Å². The Labute approximate surface area is 154 Å². The van der Waals surface area contributed by atoms with Crippen molar-refractivity contribution in [2.45, 2.75) is 72.8 Å². The summed E-state index contributed by atoms with van der Waals surface area (Å²) in [6.45, 7) is 11.1. The van der Waals surface area contributed by atoms with Crippen molar-refractivity contribution < 1.29 is 4.79 Å². The molecule has 2 aromatic heterocycles. The predicted octanol–water partition coefficient (Wildman–Crippen LogP) is 3.00. The summed E-state index contributed by atoms with van der Waals surface area (Å²) in [7, 11) is 0. The molecule has 0 aliphatic heterocycles. The molecule has 1 amide bonds. The lowest BCUT2D eigenvalue weighted by Gasteiger charge is -2.39. The topological polar surface area (TPSA) is 72.2 Å². The molecule has 2 bridgehead atoms. The summed E-state index contributed by atoms with van der Waals surface area (Å²) in [5.74, 6) is 1.50.